The molecular weight excluding hydrogens is 349 g/mol. The van der Waals surface area contributed by atoms with E-state index >= 15 is 0 Å². The van der Waals surface area contributed by atoms with Gasteiger partial charge in [0.2, 0.25) is 0 Å². The van der Waals surface area contributed by atoms with E-state index in [-0.39, 0.29) is 11.7 Å². The average molecular weight is 368 g/mol. The zero-order valence-corrected chi connectivity index (χ0v) is 14.2. The van der Waals surface area contributed by atoms with E-state index < -0.39 is 34.6 Å². The van der Waals surface area contributed by atoms with Crippen LogP contribution in [0.15, 0.2) is 18.2 Å². The number of methoxy groups -OCH3 is 1. The first-order valence-electron chi connectivity index (χ1n) is 8.59. The Balaban J connectivity index is 1.86. The van der Waals surface area contributed by atoms with Crippen LogP contribution in [0.3, 0.4) is 0 Å². The van der Waals surface area contributed by atoms with Crippen molar-refractivity contribution in [2.24, 2.45) is 5.41 Å². The molecule has 1 saturated carbocycles. The highest BCUT2D eigenvalue weighted by atomic mass is 19.4. The SMILES string of the molecule is COC1CCC2(CC1)Cc1ccc(C(F)(F)F)cc1C21NC(=O)NC1=O. The molecule has 0 bridgehead atoms. The van der Waals surface area contributed by atoms with Crippen molar-refractivity contribution in [3.8, 4) is 0 Å². The summed E-state index contributed by atoms with van der Waals surface area (Å²) in [7, 11) is 1.63. The molecule has 2 fully saturated rings. The lowest BCUT2D eigenvalue weighted by molar-refractivity contribution is -0.138. The third-order valence-corrected chi connectivity index (χ3v) is 6.26. The van der Waals surface area contributed by atoms with Crippen LogP contribution in [-0.4, -0.2) is 25.2 Å². The number of imide groups is 1. The van der Waals surface area contributed by atoms with Gasteiger partial charge in [-0.25, -0.2) is 4.79 Å². The van der Waals surface area contributed by atoms with Gasteiger partial charge in [0, 0.05) is 12.5 Å². The lowest BCUT2D eigenvalue weighted by Gasteiger charge is -2.46. The van der Waals surface area contributed by atoms with Gasteiger partial charge in [-0.15, -0.1) is 0 Å². The summed E-state index contributed by atoms with van der Waals surface area (Å²) in [4.78, 5) is 24.8. The second kappa shape index (κ2) is 5.45. The summed E-state index contributed by atoms with van der Waals surface area (Å²) < 4.78 is 45.1. The summed E-state index contributed by atoms with van der Waals surface area (Å²) >= 11 is 0. The van der Waals surface area contributed by atoms with Crippen LogP contribution in [0.1, 0.15) is 42.4 Å². The number of fused-ring (bicyclic) bond motifs is 3. The maximum Gasteiger partial charge on any atom is 0.416 e. The van der Waals surface area contributed by atoms with Gasteiger partial charge in [0.15, 0.2) is 5.54 Å². The second-order valence-corrected chi connectivity index (χ2v) is 7.42. The normalized spacial score (nSPS) is 33.5. The molecule has 8 heteroatoms. The Labute approximate surface area is 148 Å². The fourth-order valence-corrected chi connectivity index (χ4v) is 4.99. The molecule has 1 atom stereocenters. The minimum absolute atomic E-state index is 0.0623. The number of carbonyl (C=O) groups excluding carboxylic acids is 2. The van der Waals surface area contributed by atoms with Gasteiger partial charge in [0.25, 0.3) is 5.91 Å². The number of benzene rings is 1. The number of ether oxygens (including phenoxy) is 1. The van der Waals surface area contributed by atoms with Crippen molar-refractivity contribution in [1.29, 1.82) is 0 Å². The number of amides is 3. The van der Waals surface area contributed by atoms with Crippen LogP contribution in [0, 0.1) is 5.41 Å². The largest absolute Gasteiger partial charge is 0.416 e. The summed E-state index contributed by atoms with van der Waals surface area (Å²) in [6.07, 6.45) is -1.41. The first kappa shape index (κ1) is 17.3. The van der Waals surface area contributed by atoms with Crippen LogP contribution in [0.4, 0.5) is 18.0 Å². The molecule has 1 aromatic carbocycles. The van der Waals surface area contributed by atoms with Gasteiger partial charge in [0.05, 0.1) is 11.7 Å². The van der Waals surface area contributed by atoms with Crippen LogP contribution in [0.25, 0.3) is 0 Å². The van der Waals surface area contributed by atoms with Gasteiger partial charge < -0.3 is 10.1 Å². The van der Waals surface area contributed by atoms with Crippen molar-refractivity contribution in [2.45, 2.75) is 49.9 Å². The van der Waals surface area contributed by atoms with Gasteiger partial charge in [-0.3, -0.25) is 10.1 Å². The summed E-state index contributed by atoms with van der Waals surface area (Å²) in [6.45, 7) is 0. The first-order chi connectivity index (χ1) is 12.2. The number of urea groups is 1. The summed E-state index contributed by atoms with van der Waals surface area (Å²) in [5.74, 6) is -0.559. The van der Waals surface area contributed by atoms with Crippen molar-refractivity contribution >= 4 is 11.9 Å². The van der Waals surface area contributed by atoms with Crippen molar-refractivity contribution in [1.82, 2.24) is 10.6 Å². The van der Waals surface area contributed by atoms with Crippen molar-refractivity contribution in [3.05, 3.63) is 34.9 Å². The van der Waals surface area contributed by atoms with Gasteiger partial charge >= 0.3 is 12.2 Å². The van der Waals surface area contributed by atoms with Gasteiger partial charge in [-0.2, -0.15) is 13.2 Å². The maximum absolute atomic E-state index is 13.2. The quantitative estimate of drug-likeness (QED) is 0.749. The fourth-order valence-electron chi connectivity index (χ4n) is 4.99. The van der Waals surface area contributed by atoms with Crippen LogP contribution in [-0.2, 0) is 27.7 Å². The molecule has 4 rings (SSSR count). The molecule has 1 unspecified atom stereocenters. The first-order valence-corrected chi connectivity index (χ1v) is 8.59. The van der Waals surface area contributed by atoms with Crippen molar-refractivity contribution in [3.63, 3.8) is 0 Å². The molecule has 0 radical (unpaired) electrons. The highest BCUT2D eigenvalue weighted by Gasteiger charge is 2.66. The molecule has 5 nitrogen and oxygen atoms in total. The minimum atomic E-state index is -4.52. The molecule has 0 aromatic heterocycles. The molecule has 2 spiro atoms. The Morgan fingerprint density at radius 1 is 1.19 bits per heavy atom. The lowest BCUT2D eigenvalue weighted by atomic mass is 9.61. The van der Waals surface area contributed by atoms with Crippen LogP contribution in [0.2, 0.25) is 0 Å². The van der Waals surface area contributed by atoms with E-state index in [1.54, 1.807) is 7.11 Å². The van der Waals surface area contributed by atoms with E-state index in [0.29, 0.717) is 37.7 Å². The number of carbonyl (C=O) groups is 2. The average Bonchev–Trinajstić information content (AvgIpc) is 3.03. The van der Waals surface area contributed by atoms with E-state index in [4.69, 9.17) is 4.74 Å². The topological polar surface area (TPSA) is 67.4 Å². The molecule has 1 aromatic rings. The number of nitrogens with one attached hydrogen (secondary N) is 2. The van der Waals surface area contributed by atoms with Crippen molar-refractivity contribution in [2.75, 3.05) is 7.11 Å². The molecular formula is C18H19F3N2O3. The Hall–Kier alpha value is -2.09. The molecule has 26 heavy (non-hydrogen) atoms. The fraction of sp³-hybridized carbons (Fsp3) is 0.556. The van der Waals surface area contributed by atoms with E-state index in [2.05, 4.69) is 10.6 Å². The third-order valence-electron chi connectivity index (χ3n) is 6.26. The molecule has 1 aliphatic heterocycles. The highest BCUT2D eigenvalue weighted by Crippen LogP contribution is 2.59. The van der Waals surface area contributed by atoms with Gasteiger partial charge in [-0.1, -0.05) is 6.07 Å². The summed E-state index contributed by atoms with van der Waals surface area (Å²) in [5, 5.41) is 4.94. The molecule has 3 amide bonds. The Kier molecular flexibility index (Phi) is 3.63. The van der Waals surface area contributed by atoms with E-state index in [9.17, 15) is 22.8 Å². The molecule has 140 valence electrons. The molecule has 2 aliphatic carbocycles. The molecule has 1 heterocycles. The maximum atomic E-state index is 13.2. The monoisotopic (exact) mass is 368 g/mol. The molecule has 3 aliphatic rings. The van der Waals surface area contributed by atoms with Gasteiger partial charge in [0.1, 0.15) is 0 Å². The number of alkyl halides is 3. The van der Waals surface area contributed by atoms with E-state index in [1.165, 1.54) is 6.07 Å². The van der Waals surface area contributed by atoms with Crippen LogP contribution in [0.5, 0.6) is 0 Å². The van der Waals surface area contributed by atoms with Crippen LogP contribution >= 0.6 is 0 Å². The predicted molar refractivity (Wildman–Crippen MR) is 85.2 cm³/mol. The van der Waals surface area contributed by atoms with Gasteiger partial charge in [-0.05, 0) is 55.4 Å². The Morgan fingerprint density at radius 3 is 2.42 bits per heavy atom. The second-order valence-electron chi connectivity index (χ2n) is 7.42. The number of rotatable bonds is 1. The zero-order chi connectivity index (χ0) is 18.7. The molecule has 2 N–H and O–H groups in total. The zero-order valence-electron chi connectivity index (χ0n) is 14.2. The van der Waals surface area contributed by atoms with E-state index in [0.717, 1.165) is 12.1 Å². The van der Waals surface area contributed by atoms with Crippen molar-refractivity contribution < 1.29 is 27.5 Å². The third kappa shape index (κ3) is 2.21. The number of hydrogen-bond donors (Lipinski definition) is 2. The highest BCUT2D eigenvalue weighted by molar-refractivity contribution is 6.08. The smallest absolute Gasteiger partial charge is 0.381 e. The standard InChI is InChI=1S/C18H19F3N2O3/c1-26-12-4-6-16(7-5-12)9-10-2-3-11(18(19,20)21)8-13(10)17(16)14(24)22-15(25)23-17/h2-3,8,12H,4-7,9H2,1H3,(H2,22,23,24,25). The minimum Gasteiger partial charge on any atom is -0.381 e. The predicted octanol–water partition coefficient (Wildman–Crippen LogP) is 2.87. The Morgan fingerprint density at radius 2 is 1.88 bits per heavy atom. The number of hydrogen-bond acceptors (Lipinski definition) is 3. The summed E-state index contributed by atoms with van der Waals surface area (Å²) in [5.41, 5.74) is -1.94. The molecule has 1 saturated heterocycles. The summed E-state index contributed by atoms with van der Waals surface area (Å²) in [6, 6.07) is 2.85. The Bertz CT molecular complexity index is 784. The lowest BCUT2D eigenvalue weighted by Crippen LogP contribution is -2.56. The van der Waals surface area contributed by atoms with E-state index in [1.807, 2.05) is 0 Å². The van der Waals surface area contributed by atoms with Crippen LogP contribution < -0.4 is 10.6 Å². The number of halogens is 3.